The lowest BCUT2D eigenvalue weighted by atomic mass is 10.3. The summed E-state index contributed by atoms with van der Waals surface area (Å²) in [5, 5.41) is 2.65. The van der Waals surface area contributed by atoms with Gasteiger partial charge in [-0.05, 0) is 36.4 Å². The average Bonchev–Trinajstić information content (AvgIpc) is 2.55. The van der Waals surface area contributed by atoms with Crippen molar-refractivity contribution in [3.63, 3.8) is 0 Å². The van der Waals surface area contributed by atoms with E-state index in [0.717, 1.165) is 8.78 Å². The van der Waals surface area contributed by atoms with E-state index in [-0.39, 0.29) is 11.4 Å². The molecular weight excluding hydrogens is 396 g/mol. The van der Waals surface area contributed by atoms with Crippen molar-refractivity contribution in [2.75, 3.05) is 26.0 Å². The summed E-state index contributed by atoms with van der Waals surface area (Å²) in [5.41, 5.74) is 0.486. The van der Waals surface area contributed by atoms with Crippen LogP contribution >= 0.6 is 15.9 Å². The number of ether oxygens (including phenoxy) is 1. The zero-order valence-corrected chi connectivity index (χ0v) is 15.6. The van der Waals surface area contributed by atoms with Crippen LogP contribution in [-0.2, 0) is 14.8 Å². The van der Waals surface area contributed by atoms with E-state index in [0.29, 0.717) is 11.4 Å². The number of halogens is 1. The van der Waals surface area contributed by atoms with Crippen molar-refractivity contribution in [1.82, 2.24) is 4.31 Å². The van der Waals surface area contributed by atoms with E-state index < -0.39 is 15.9 Å². The van der Waals surface area contributed by atoms with Gasteiger partial charge in [0.15, 0.2) is 0 Å². The molecule has 0 heterocycles. The maximum Gasteiger partial charge on any atom is 0.243 e. The van der Waals surface area contributed by atoms with Crippen LogP contribution < -0.4 is 10.1 Å². The van der Waals surface area contributed by atoms with E-state index in [1.165, 1.54) is 26.3 Å². The molecule has 0 radical (unpaired) electrons. The van der Waals surface area contributed by atoms with Gasteiger partial charge in [-0.1, -0.05) is 28.1 Å². The number of hydrogen-bond acceptors (Lipinski definition) is 4. The smallest absolute Gasteiger partial charge is 0.243 e. The molecule has 24 heavy (non-hydrogen) atoms. The minimum absolute atomic E-state index is 0.123. The molecule has 0 atom stereocenters. The van der Waals surface area contributed by atoms with Gasteiger partial charge in [-0.2, -0.15) is 4.31 Å². The van der Waals surface area contributed by atoms with Crippen LogP contribution in [0.4, 0.5) is 5.69 Å². The predicted octanol–water partition coefficient (Wildman–Crippen LogP) is 2.72. The highest BCUT2D eigenvalue weighted by Crippen LogP contribution is 2.23. The van der Waals surface area contributed by atoms with E-state index in [1.807, 2.05) is 0 Å². The number of para-hydroxylation sites is 2. The zero-order valence-electron chi connectivity index (χ0n) is 13.2. The Morgan fingerprint density at radius 2 is 1.79 bits per heavy atom. The Bertz CT molecular complexity index is 822. The number of nitrogens with one attached hydrogen (secondary N) is 1. The standard InChI is InChI=1S/C16H17BrN2O4S/c1-19(24(21,22)13-9-7-12(17)8-10-13)11-16(20)18-14-5-3-4-6-15(14)23-2/h3-10H,11H2,1-2H3,(H,18,20). The highest BCUT2D eigenvalue weighted by Gasteiger charge is 2.23. The van der Waals surface area contributed by atoms with Gasteiger partial charge in [0.1, 0.15) is 5.75 Å². The molecule has 1 N–H and O–H groups in total. The summed E-state index contributed by atoms with van der Waals surface area (Å²) in [4.78, 5) is 12.3. The summed E-state index contributed by atoms with van der Waals surface area (Å²) >= 11 is 3.26. The summed E-state index contributed by atoms with van der Waals surface area (Å²) in [6, 6.07) is 13.1. The minimum Gasteiger partial charge on any atom is -0.495 e. The van der Waals surface area contributed by atoms with Crippen LogP contribution in [0.25, 0.3) is 0 Å². The van der Waals surface area contributed by atoms with Crippen molar-refractivity contribution in [1.29, 1.82) is 0 Å². The normalized spacial score (nSPS) is 11.3. The number of benzene rings is 2. The van der Waals surface area contributed by atoms with Crippen molar-refractivity contribution in [2.24, 2.45) is 0 Å². The number of carbonyl (C=O) groups excluding carboxylic acids is 1. The Kier molecular flexibility index (Phi) is 5.98. The molecule has 0 saturated carbocycles. The molecule has 8 heteroatoms. The van der Waals surface area contributed by atoms with Gasteiger partial charge in [-0.3, -0.25) is 4.79 Å². The molecule has 2 aromatic rings. The molecule has 0 aliphatic heterocycles. The van der Waals surface area contributed by atoms with Crippen LogP contribution in [0.5, 0.6) is 5.75 Å². The molecule has 2 rings (SSSR count). The second-order valence-electron chi connectivity index (χ2n) is 4.96. The lowest BCUT2D eigenvalue weighted by Gasteiger charge is -2.17. The molecule has 0 aliphatic carbocycles. The first-order chi connectivity index (χ1) is 11.3. The Labute approximate surface area is 149 Å². The van der Waals surface area contributed by atoms with Gasteiger partial charge < -0.3 is 10.1 Å². The Morgan fingerprint density at radius 1 is 1.17 bits per heavy atom. The lowest BCUT2D eigenvalue weighted by Crippen LogP contribution is -2.35. The highest BCUT2D eigenvalue weighted by atomic mass is 79.9. The average molecular weight is 413 g/mol. The van der Waals surface area contributed by atoms with E-state index in [1.54, 1.807) is 36.4 Å². The zero-order chi connectivity index (χ0) is 17.7. The van der Waals surface area contributed by atoms with Gasteiger partial charge >= 0.3 is 0 Å². The van der Waals surface area contributed by atoms with Crippen molar-refractivity contribution < 1.29 is 17.9 Å². The molecule has 6 nitrogen and oxygen atoms in total. The van der Waals surface area contributed by atoms with E-state index >= 15 is 0 Å². The Hall–Kier alpha value is -1.90. The number of carbonyl (C=O) groups is 1. The van der Waals surface area contributed by atoms with Gasteiger partial charge in [0.2, 0.25) is 15.9 Å². The number of likely N-dealkylation sites (N-methyl/N-ethyl adjacent to an activating group) is 1. The summed E-state index contributed by atoms with van der Waals surface area (Å²) in [7, 11) is -0.883. The Balaban J connectivity index is 2.09. The van der Waals surface area contributed by atoms with Gasteiger partial charge in [0.25, 0.3) is 0 Å². The van der Waals surface area contributed by atoms with Crippen molar-refractivity contribution in [2.45, 2.75) is 4.90 Å². The molecule has 0 spiro atoms. The summed E-state index contributed by atoms with van der Waals surface area (Å²) < 4.78 is 31.8. The van der Waals surface area contributed by atoms with Crippen molar-refractivity contribution >= 4 is 37.5 Å². The van der Waals surface area contributed by atoms with E-state index in [2.05, 4.69) is 21.2 Å². The third kappa shape index (κ3) is 4.34. The largest absolute Gasteiger partial charge is 0.495 e. The van der Waals surface area contributed by atoms with E-state index in [9.17, 15) is 13.2 Å². The lowest BCUT2D eigenvalue weighted by molar-refractivity contribution is -0.116. The molecule has 1 amide bonds. The SMILES string of the molecule is COc1ccccc1NC(=O)CN(C)S(=O)(=O)c1ccc(Br)cc1. The van der Waals surface area contributed by atoms with Crippen LogP contribution in [0.3, 0.4) is 0 Å². The number of methoxy groups -OCH3 is 1. The predicted molar refractivity (Wildman–Crippen MR) is 95.6 cm³/mol. The number of rotatable bonds is 6. The monoisotopic (exact) mass is 412 g/mol. The maximum absolute atomic E-state index is 12.5. The minimum atomic E-state index is -3.74. The number of sulfonamides is 1. The summed E-state index contributed by atoms with van der Waals surface area (Å²) in [6.07, 6.45) is 0. The number of hydrogen-bond donors (Lipinski definition) is 1. The molecule has 0 saturated heterocycles. The maximum atomic E-state index is 12.5. The molecule has 0 aromatic heterocycles. The van der Waals surface area contributed by atoms with Crippen LogP contribution in [-0.4, -0.2) is 39.3 Å². The number of nitrogens with zero attached hydrogens (tertiary/aromatic N) is 1. The molecule has 0 unspecified atom stereocenters. The van der Waals surface area contributed by atoms with Crippen LogP contribution in [0.15, 0.2) is 57.9 Å². The topological polar surface area (TPSA) is 75.7 Å². The third-order valence-corrected chi connectivity index (χ3v) is 5.62. The molecular formula is C16H17BrN2O4S. The second kappa shape index (κ2) is 7.78. The van der Waals surface area contributed by atoms with Gasteiger partial charge in [0, 0.05) is 11.5 Å². The Morgan fingerprint density at radius 3 is 2.42 bits per heavy atom. The molecule has 0 aliphatic rings. The molecule has 0 bridgehead atoms. The third-order valence-electron chi connectivity index (χ3n) is 3.27. The first kappa shape index (κ1) is 18.4. The van der Waals surface area contributed by atoms with Crippen molar-refractivity contribution in [3.05, 3.63) is 53.0 Å². The van der Waals surface area contributed by atoms with Crippen molar-refractivity contribution in [3.8, 4) is 5.75 Å². The van der Waals surface area contributed by atoms with Crippen LogP contribution in [0, 0.1) is 0 Å². The fourth-order valence-electron chi connectivity index (χ4n) is 2.01. The fourth-order valence-corrected chi connectivity index (χ4v) is 3.40. The molecule has 128 valence electrons. The first-order valence-electron chi connectivity index (χ1n) is 6.99. The quantitative estimate of drug-likeness (QED) is 0.790. The fraction of sp³-hybridized carbons (Fsp3) is 0.188. The van der Waals surface area contributed by atoms with Crippen LogP contribution in [0.1, 0.15) is 0 Å². The summed E-state index contributed by atoms with van der Waals surface area (Å²) in [5.74, 6) is 0.0481. The highest BCUT2D eigenvalue weighted by molar-refractivity contribution is 9.10. The molecule has 2 aromatic carbocycles. The molecule has 0 fully saturated rings. The van der Waals surface area contributed by atoms with Crippen LogP contribution in [0.2, 0.25) is 0 Å². The number of amides is 1. The van der Waals surface area contributed by atoms with Gasteiger partial charge in [-0.15, -0.1) is 0 Å². The second-order valence-corrected chi connectivity index (χ2v) is 7.92. The van der Waals surface area contributed by atoms with Gasteiger partial charge in [-0.25, -0.2) is 8.42 Å². The van der Waals surface area contributed by atoms with E-state index in [4.69, 9.17) is 4.74 Å². The van der Waals surface area contributed by atoms with Gasteiger partial charge in [0.05, 0.1) is 24.2 Å². The number of anilines is 1. The first-order valence-corrected chi connectivity index (χ1v) is 9.22. The summed E-state index contributed by atoms with van der Waals surface area (Å²) in [6.45, 7) is -0.309.